The zero-order valence-corrected chi connectivity index (χ0v) is 13.7. The smallest absolute Gasteiger partial charge is 0.258 e. The monoisotopic (exact) mass is 339 g/mol. The molecule has 128 valence electrons. The summed E-state index contributed by atoms with van der Waals surface area (Å²) in [4.78, 5) is 16.7. The minimum atomic E-state index is -0.409. The summed E-state index contributed by atoms with van der Waals surface area (Å²) in [7, 11) is 1.87. The molecule has 6 heteroatoms. The molecule has 3 aromatic rings. The number of amides is 1. The molecule has 0 aliphatic heterocycles. The second-order valence-electron chi connectivity index (χ2n) is 5.55. The van der Waals surface area contributed by atoms with E-state index in [2.05, 4.69) is 10.3 Å². The maximum atomic E-state index is 13.2. The molecule has 0 fully saturated rings. The molecule has 0 aliphatic rings. The molecule has 1 heterocycles. The van der Waals surface area contributed by atoms with Crippen LogP contribution in [0.15, 0.2) is 67.0 Å². The summed E-state index contributed by atoms with van der Waals surface area (Å²) < 4.78 is 20.4. The summed E-state index contributed by atoms with van der Waals surface area (Å²) in [5.74, 6) is 0.294. The van der Waals surface area contributed by atoms with Gasteiger partial charge in [-0.15, -0.1) is 0 Å². The molecular weight excluding hydrogens is 321 g/mol. The Bertz CT molecular complexity index is 849. The van der Waals surface area contributed by atoms with Gasteiger partial charge in [0.15, 0.2) is 6.61 Å². The Kier molecular flexibility index (Phi) is 5.09. The predicted molar refractivity (Wildman–Crippen MR) is 91.5 cm³/mol. The van der Waals surface area contributed by atoms with Crippen molar-refractivity contribution in [3.8, 4) is 5.75 Å². The van der Waals surface area contributed by atoms with Crippen LogP contribution in [-0.4, -0.2) is 22.1 Å². The summed E-state index contributed by atoms with van der Waals surface area (Å²) in [5.41, 5.74) is 0.913. The third kappa shape index (κ3) is 4.23. The largest absolute Gasteiger partial charge is 0.484 e. The fourth-order valence-corrected chi connectivity index (χ4v) is 2.51. The van der Waals surface area contributed by atoms with Gasteiger partial charge >= 0.3 is 0 Å². The molecule has 5 nitrogen and oxygen atoms in total. The van der Waals surface area contributed by atoms with Crippen LogP contribution in [0, 0.1) is 5.82 Å². The molecule has 0 radical (unpaired) electrons. The van der Waals surface area contributed by atoms with E-state index in [4.69, 9.17) is 4.74 Å². The van der Waals surface area contributed by atoms with E-state index < -0.39 is 11.9 Å². The Labute approximate surface area is 145 Å². The van der Waals surface area contributed by atoms with E-state index in [0.717, 1.165) is 5.56 Å². The highest BCUT2D eigenvalue weighted by molar-refractivity contribution is 5.78. The Balaban J connectivity index is 1.72. The summed E-state index contributed by atoms with van der Waals surface area (Å²) in [6.07, 6.45) is 3.50. The molecular formula is C19H18FN3O2. The molecule has 1 aromatic heterocycles. The van der Waals surface area contributed by atoms with Crippen LogP contribution in [-0.2, 0) is 11.8 Å². The molecule has 0 aliphatic carbocycles. The number of rotatable bonds is 6. The fourth-order valence-electron chi connectivity index (χ4n) is 2.51. The Morgan fingerprint density at radius 3 is 2.72 bits per heavy atom. The molecule has 3 rings (SSSR count). The number of nitrogens with zero attached hydrogens (tertiary/aromatic N) is 2. The molecule has 1 amide bonds. The van der Waals surface area contributed by atoms with Gasteiger partial charge in [-0.1, -0.05) is 36.4 Å². The van der Waals surface area contributed by atoms with Crippen LogP contribution in [0.5, 0.6) is 5.75 Å². The summed E-state index contributed by atoms with van der Waals surface area (Å²) in [6, 6.07) is 14.9. The predicted octanol–water partition coefficient (Wildman–Crippen LogP) is 2.84. The Morgan fingerprint density at radius 1 is 1.24 bits per heavy atom. The van der Waals surface area contributed by atoms with Gasteiger partial charge in [-0.2, -0.15) is 0 Å². The first-order valence-electron chi connectivity index (χ1n) is 7.83. The van der Waals surface area contributed by atoms with Crippen LogP contribution in [0.3, 0.4) is 0 Å². The zero-order chi connectivity index (χ0) is 17.6. The number of nitrogens with one attached hydrogen (secondary N) is 1. The van der Waals surface area contributed by atoms with Gasteiger partial charge < -0.3 is 14.6 Å². The van der Waals surface area contributed by atoms with Crippen molar-refractivity contribution in [2.45, 2.75) is 6.04 Å². The molecule has 0 spiro atoms. The van der Waals surface area contributed by atoms with Crippen molar-refractivity contribution in [3.05, 3.63) is 84.2 Å². The van der Waals surface area contributed by atoms with Gasteiger partial charge in [0.2, 0.25) is 0 Å². The van der Waals surface area contributed by atoms with E-state index in [1.54, 1.807) is 12.3 Å². The number of aryl methyl sites for hydroxylation is 1. The summed E-state index contributed by atoms with van der Waals surface area (Å²) in [6.45, 7) is -0.211. The van der Waals surface area contributed by atoms with E-state index >= 15 is 0 Å². The molecule has 1 atom stereocenters. The van der Waals surface area contributed by atoms with E-state index in [1.165, 1.54) is 18.2 Å². The van der Waals surface area contributed by atoms with Crippen molar-refractivity contribution < 1.29 is 13.9 Å². The fraction of sp³-hybridized carbons (Fsp3) is 0.158. The van der Waals surface area contributed by atoms with Crippen LogP contribution < -0.4 is 10.1 Å². The number of ether oxygens (including phenoxy) is 1. The highest BCUT2D eigenvalue weighted by Crippen LogP contribution is 2.20. The average Bonchev–Trinajstić information content (AvgIpc) is 3.04. The second-order valence-corrected chi connectivity index (χ2v) is 5.55. The van der Waals surface area contributed by atoms with E-state index in [0.29, 0.717) is 11.6 Å². The number of hydrogen-bond donors (Lipinski definition) is 1. The van der Waals surface area contributed by atoms with Crippen molar-refractivity contribution in [3.63, 3.8) is 0 Å². The molecule has 0 saturated heterocycles. The van der Waals surface area contributed by atoms with Gasteiger partial charge in [0.25, 0.3) is 5.91 Å². The second kappa shape index (κ2) is 7.61. The van der Waals surface area contributed by atoms with E-state index in [9.17, 15) is 9.18 Å². The van der Waals surface area contributed by atoms with Gasteiger partial charge in [0.05, 0.1) is 0 Å². The first kappa shape index (κ1) is 16.7. The van der Waals surface area contributed by atoms with Gasteiger partial charge in [0.1, 0.15) is 23.4 Å². The average molecular weight is 339 g/mol. The molecule has 1 N–H and O–H groups in total. The standard InChI is InChI=1S/C19H18FN3O2/c1-23-11-10-21-19(23)18(14-6-3-2-4-7-14)22-17(24)13-25-16-9-5-8-15(20)12-16/h2-12,18H,13H2,1H3,(H,22,24)/t18-/m1/s1. The van der Waals surface area contributed by atoms with Crippen LogP contribution >= 0.6 is 0 Å². The number of carbonyl (C=O) groups excluding carboxylic acids is 1. The third-order valence-electron chi connectivity index (χ3n) is 3.72. The van der Waals surface area contributed by atoms with Gasteiger partial charge in [0, 0.05) is 25.5 Å². The molecule has 0 saturated carbocycles. The maximum Gasteiger partial charge on any atom is 0.258 e. The van der Waals surface area contributed by atoms with Gasteiger partial charge in [-0.3, -0.25) is 4.79 Å². The lowest BCUT2D eigenvalue weighted by Crippen LogP contribution is -2.34. The number of benzene rings is 2. The Hall–Kier alpha value is -3.15. The quantitative estimate of drug-likeness (QED) is 0.751. The maximum absolute atomic E-state index is 13.2. The SMILES string of the molecule is Cn1ccnc1[C@H](NC(=O)COc1cccc(F)c1)c1ccccc1. The first-order chi connectivity index (χ1) is 12.1. The van der Waals surface area contributed by atoms with Gasteiger partial charge in [-0.05, 0) is 17.7 Å². The summed E-state index contributed by atoms with van der Waals surface area (Å²) in [5, 5.41) is 2.92. The van der Waals surface area contributed by atoms with Gasteiger partial charge in [-0.25, -0.2) is 9.37 Å². The first-order valence-corrected chi connectivity index (χ1v) is 7.83. The number of carbonyl (C=O) groups is 1. The topological polar surface area (TPSA) is 56.2 Å². The van der Waals surface area contributed by atoms with E-state index in [-0.39, 0.29) is 12.5 Å². The normalized spacial score (nSPS) is 11.8. The number of hydrogen-bond acceptors (Lipinski definition) is 3. The van der Waals surface area contributed by atoms with E-state index in [1.807, 2.05) is 48.1 Å². The number of aromatic nitrogens is 2. The Morgan fingerprint density at radius 2 is 2.04 bits per heavy atom. The lowest BCUT2D eigenvalue weighted by Gasteiger charge is -2.19. The highest BCUT2D eigenvalue weighted by atomic mass is 19.1. The minimum absolute atomic E-state index is 0.211. The third-order valence-corrected chi connectivity index (χ3v) is 3.72. The lowest BCUT2D eigenvalue weighted by molar-refractivity contribution is -0.123. The van der Waals surface area contributed by atoms with Crippen LogP contribution in [0.25, 0.3) is 0 Å². The van der Waals surface area contributed by atoms with Crippen LogP contribution in [0.4, 0.5) is 4.39 Å². The van der Waals surface area contributed by atoms with Crippen LogP contribution in [0.2, 0.25) is 0 Å². The highest BCUT2D eigenvalue weighted by Gasteiger charge is 2.20. The van der Waals surface area contributed by atoms with Crippen molar-refractivity contribution in [1.82, 2.24) is 14.9 Å². The number of imidazole rings is 1. The number of halogens is 1. The van der Waals surface area contributed by atoms with Crippen molar-refractivity contribution in [1.29, 1.82) is 0 Å². The molecule has 25 heavy (non-hydrogen) atoms. The zero-order valence-electron chi connectivity index (χ0n) is 13.7. The van der Waals surface area contributed by atoms with Crippen LogP contribution in [0.1, 0.15) is 17.4 Å². The molecule has 0 bridgehead atoms. The van der Waals surface area contributed by atoms with Crippen molar-refractivity contribution >= 4 is 5.91 Å². The van der Waals surface area contributed by atoms with Crippen molar-refractivity contribution in [2.75, 3.05) is 6.61 Å². The molecule has 2 aromatic carbocycles. The molecule has 0 unspecified atom stereocenters. The van der Waals surface area contributed by atoms with Crippen molar-refractivity contribution in [2.24, 2.45) is 7.05 Å². The summed E-state index contributed by atoms with van der Waals surface area (Å²) >= 11 is 0. The lowest BCUT2D eigenvalue weighted by atomic mass is 10.1. The minimum Gasteiger partial charge on any atom is -0.484 e.